The van der Waals surface area contributed by atoms with Crippen molar-refractivity contribution in [3.63, 3.8) is 0 Å². The maximum absolute atomic E-state index is 14.0. The van der Waals surface area contributed by atoms with Gasteiger partial charge in [0.15, 0.2) is 5.60 Å². The molecule has 0 amide bonds. The molecule has 0 unspecified atom stereocenters. The summed E-state index contributed by atoms with van der Waals surface area (Å²) in [5.41, 5.74) is -4.32. The number of ether oxygens (including phenoxy) is 6. The number of allylic oxidation sites excluding steroid dienone is 2. The first-order valence-electron chi connectivity index (χ1n) is 14.4. The van der Waals surface area contributed by atoms with Crippen molar-refractivity contribution >= 4 is 23.9 Å². The second-order valence-electron chi connectivity index (χ2n) is 13.7. The fraction of sp³-hybridized carbons (Fsp3) is 0.733. The number of hydrogen-bond donors (Lipinski definition) is 1. The smallest absolute Gasteiger partial charge is 0.339 e. The van der Waals surface area contributed by atoms with E-state index >= 15 is 0 Å². The Balaban J connectivity index is 1.28. The summed E-state index contributed by atoms with van der Waals surface area (Å²) in [5.74, 6) is -6.42. The highest BCUT2D eigenvalue weighted by Crippen LogP contribution is 2.73. The maximum atomic E-state index is 14.0. The van der Waals surface area contributed by atoms with Gasteiger partial charge in [-0.05, 0) is 69.4 Å². The van der Waals surface area contributed by atoms with E-state index in [-0.39, 0.29) is 31.1 Å². The van der Waals surface area contributed by atoms with Crippen LogP contribution in [0.4, 0.5) is 0 Å². The van der Waals surface area contributed by atoms with Crippen LogP contribution in [0.25, 0.3) is 0 Å². The Morgan fingerprint density at radius 3 is 2.54 bits per heavy atom. The third-order valence-corrected chi connectivity index (χ3v) is 11.3. The van der Waals surface area contributed by atoms with E-state index in [4.69, 9.17) is 28.4 Å². The van der Waals surface area contributed by atoms with Crippen molar-refractivity contribution in [3.05, 3.63) is 23.5 Å². The second-order valence-corrected chi connectivity index (χ2v) is 13.7. The first-order valence-corrected chi connectivity index (χ1v) is 14.4. The monoisotopic (exact) mass is 572 g/mol. The van der Waals surface area contributed by atoms with Crippen LogP contribution in [0.3, 0.4) is 0 Å². The minimum Gasteiger partial charge on any atom is -0.469 e. The molecule has 6 heterocycles. The highest BCUT2D eigenvalue weighted by Gasteiger charge is 2.90. The van der Waals surface area contributed by atoms with Gasteiger partial charge in [0.25, 0.3) is 5.79 Å². The van der Waals surface area contributed by atoms with Crippen molar-refractivity contribution in [1.82, 2.24) is 0 Å². The lowest BCUT2D eigenvalue weighted by molar-refractivity contribution is -0.369. The minimum atomic E-state index is -2.33. The van der Waals surface area contributed by atoms with Crippen LogP contribution < -0.4 is 0 Å². The van der Waals surface area contributed by atoms with Crippen LogP contribution in [0.15, 0.2) is 23.5 Å². The standard InChI is InChI=1S/C30H36O11/c1-13(9-15-10-14(2)23(32)37-15)20-22-25(34)41-28(8-7-27(20,22)5)21(24(33)36-6)16-11-17-26(3,4)39-18-12-19(31)40-29(17,18)30(28,35)38-16/h9-10,13,16-18,20-22,35H,7-8,11-12H2,1-6H3/b15-9+/t13-,16-,17-,18+,20+,21-,22+,27+,28+,29+,30-/m0/s1. The van der Waals surface area contributed by atoms with Crippen molar-refractivity contribution in [2.75, 3.05) is 7.11 Å². The Bertz CT molecular complexity index is 1350. The van der Waals surface area contributed by atoms with Crippen LogP contribution in [-0.4, -0.2) is 70.9 Å². The zero-order valence-corrected chi connectivity index (χ0v) is 24.1. The largest absolute Gasteiger partial charge is 0.469 e. The number of cyclic esters (lactones) is 1. The molecule has 6 fully saturated rings. The summed E-state index contributed by atoms with van der Waals surface area (Å²) in [6, 6.07) is 0. The van der Waals surface area contributed by atoms with E-state index in [1.165, 1.54) is 7.11 Å². The summed E-state index contributed by atoms with van der Waals surface area (Å²) in [6.07, 6.45) is 2.52. The van der Waals surface area contributed by atoms with Gasteiger partial charge < -0.3 is 33.5 Å². The molecule has 1 aliphatic carbocycles. The molecule has 222 valence electrons. The van der Waals surface area contributed by atoms with E-state index in [9.17, 15) is 24.3 Å². The lowest BCUT2D eigenvalue weighted by atomic mass is 9.65. The van der Waals surface area contributed by atoms with Gasteiger partial charge >= 0.3 is 23.9 Å². The van der Waals surface area contributed by atoms with Crippen molar-refractivity contribution in [2.45, 2.75) is 95.1 Å². The van der Waals surface area contributed by atoms with Crippen LogP contribution in [0, 0.1) is 35.0 Å². The molecule has 0 radical (unpaired) electrons. The molecule has 0 aromatic rings. The summed E-state index contributed by atoms with van der Waals surface area (Å²) in [7, 11) is 1.25. The van der Waals surface area contributed by atoms with Gasteiger partial charge in [-0.25, -0.2) is 4.79 Å². The first-order chi connectivity index (χ1) is 19.1. The summed E-state index contributed by atoms with van der Waals surface area (Å²) >= 11 is 0. The SMILES string of the molecule is COC(=O)[C@@H]1[C@@H]2C[C@H]3C(C)(C)O[C@@H]4CC(=O)O[C@@]43[C@@](O)(O2)[C@@]12CC[C@]1(C)[C@H]([C@@H](C)/C=C3\C=C(C)C(=O)O3)[C@@H]1C(=O)O2. The van der Waals surface area contributed by atoms with Crippen molar-refractivity contribution in [2.24, 2.45) is 35.0 Å². The molecule has 0 aromatic heterocycles. The summed E-state index contributed by atoms with van der Waals surface area (Å²) in [6.45, 7) is 9.39. The molecule has 7 aliphatic rings. The highest BCUT2D eigenvalue weighted by atomic mass is 16.7. The molecule has 1 N–H and O–H groups in total. The maximum Gasteiger partial charge on any atom is 0.339 e. The molecule has 11 atom stereocenters. The number of fused-ring (bicyclic) bond motifs is 4. The molecule has 11 heteroatoms. The Hall–Kier alpha value is -2.76. The lowest BCUT2D eigenvalue weighted by Crippen LogP contribution is -2.74. The quantitative estimate of drug-likeness (QED) is 0.392. The van der Waals surface area contributed by atoms with E-state index in [1.54, 1.807) is 13.0 Å². The predicted octanol–water partition coefficient (Wildman–Crippen LogP) is 2.10. The molecule has 6 aliphatic heterocycles. The second kappa shape index (κ2) is 7.99. The van der Waals surface area contributed by atoms with E-state index in [0.29, 0.717) is 17.8 Å². The van der Waals surface area contributed by atoms with Crippen molar-refractivity contribution in [1.29, 1.82) is 0 Å². The van der Waals surface area contributed by atoms with E-state index in [0.717, 1.165) is 0 Å². The van der Waals surface area contributed by atoms with E-state index in [1.807, 2.05) is 33.8 Å². The van der Waals surface area contributed by atoms with Gasteiger partial charge in [-0.3, -0.25) is 14.4 Å². The highest BCUT2D eigenvalue weighted by molar-refractivity contribution is 5.92. The molecular formula is C30H36O11. The van der Waals surface area contributed by atoms with Gasteiger partial charge in [0.1, 0.15) is 17.8 Å². The molecular weight excluding hydrogens is 536 g/mol. The molecule has 41 heavy (non-hydrogen) atoms. The van der Waals surface area contributed by atoms with Crippen LogP contribution in [0.5, 0.6) is 0 Å². The zero-order valence-electron chi connectivity index (χ0n) is 24.1. The summed E-state index contributed by atoms with van der Waals surface area (Å²) < 4.78 is 35.4. The average Bonchev–Trinajstić information content (AvgIpc) is 2.97. The third kappa shape index (κ3) is 3.09. The average molecular weight is 573 g/mol. The van der Waals surface area contributed by atoms with E-state index < -0.39 is 81.8 Å². The number of aliphatic hydroxyl groups is 1. The fourth-order valence-electron chi connectivity index (χ4n) is 9.56. The lowest BCUT2D eigenvalue weighted by Gasteiger charge is -2.52. The number of esters is 4. The number of carbonyl (C=O) groups excluding carboxylic acids is 4. The molecule has 0 aromatic carbocycles. The van der Waals surface area contributed by atoms with Gasteiger partial charge in [-0.1, -0.05) is 13.8 Å². The molecule has 5 saturated heterocycles. The summed E-state index contributed by atoms with van der Waals surface area (Å²) in [5, 5.41) is 12.7. The predicted molar refractivity (Wildman–Crippen MR) is 136 cm³/mol. The van der Waals surface area contributed by atoms with Gasteiger partial charge in [0.05, 0.1) is 31.2 Å². The van der Waals surface area contributed by atoms with Crippen molar-refractivity contribution < 1.29 is 52.7 Å². The van der Waals surface area contributed by atoms with Gasteiger partial charge in [0, 0.05) is 11.5 Å². The Morgan fingerprint density at radius 1 is 1.15 bits per heavy atom. The van der Waals surface area contributed by atoms with Gasteiger partial charge in [0.2, 0.25) is 5.60 Å². The summed E-state index contributed by atoms with van der Waals surface area (Å²) in [4.78, 5) is 52.0. The Kier molecular flexibility index (Phi) is 5.28. The topological polar surface area (TPSA) is 144 Å². The van der Waals surface area contributed by atoms with E-state index in [2.05, 4.69) is 0 Å². The molecule has 7 rings (SSSR count). The number of carbonyl (C=O) groups is 4. The normalized spacial score (nSPS) is 50.3. The van der Waals surface area contributed by atoms with Gasteiger partial charge in [-0.15, -0.1) is 0 Å². The molecule has 1 saturated carbocycles. The van der Waals surface area contributed by atoms with Gasteiger partial charge in [-0.2, -0.15) is 0 Å². The molecule has 2 spiro atoms. The number of hydrogen-bond acceptors (Lipinski definition) is 11. The minimum absolute atomic E-state index is 0.0870. The first kappa shape index (κ1) is 27.1. The van der Waals surface area contributed by atoms with Crippen molar-refractivity contribution in [3.8, 4) is 0 Å². The number of methoxy groups -OCH3 is 1. The third-order valence-electron chi connectivity index (χ3n) is 11.3. The fourth-order valence-corrected chi connectivity index (χ4v) is 9.56. The molecule has 11 nitrogen and oxygen atoms in total. The zero-order chi connectivity index (χ0) is 29.5. The Labute approximate surface area is 237 Å². The van der Waals surface area contributed by atoms with Crippen LogP contribution in [-0.2, 0) is 47.6 Å². The van der Waals surface area contributed by atoms with Crippen LogP contribution in [0.1, 0.15) is 60.3 Å². The van der Waals surface area contributed by atoms with Crippen LogP contribution in [0.2, 0.25) is 0 Å². The van der Waals surface area contributed by atoms with Crippen LogP contribution >= 0.6 is 0 Å². The Morgan fingerprint density at radius 2 is 1.88 bits per heavy atom. The number of rotatable bonds is 3. The molecule has 2 bridgehead atoms.